The molecule has 1 aliphatic heterocycles. The number of hydrogen-bond donors (Lipinski definition) is 2. The molecule has 0 saturated heterocycles. The highest BCUT2D eigenvalue weighted by Gasteiger charge is 2.35. The van der Waals surface area contributed by atoms with Gasteiger partial charge in [0.15, 0.2) is 11.5 Å². The van der Waals surface area contributed by atoms with Crippen LogP contribution in [-0.2, 0) is 0 Å². The summed E-state index contributed by atoms with van der Waals surface area (Å²) in [5, 5.41) is 16.7. The Morgan fingerprint density at radius 3 is 2.76 bits per heavy atom. The van der Waals surface area contributed by atoms with Gasteiger partial charge in [0.2, 0.25) is 11.8 Å². The summed E-state index contributed by atoms with van der Waals surface area (Å²) in [6.45, 7) is 6.26. The molecule has 7 nitrogen and oxygen atoms in total. The van der Waals surface area contributed by atoms with Crippen LogP contribution in [0.4, 0.5) is 0 Å². The number of hydrogen-bond acceptors (Lipinski definition) is 6. The summed E-state index contributed by atoms with van der Waals surface area (Å²) in [6, 6.07) is 5.98. The lowest BCUT2D eigenvalue weighted by atomic mass is 9.82. The third-order valence-corrected chi connectivity index (χ3v) is 4.29. The summed E-state index contributed by atoms with van der Waals surface area (Å²) >= 11 is 0. The topological polar surface area (TPSA) is 106 Å². The van der Waals surface area contributed by atoms with Gasteiger partial charge in [0.25, 0.3) is 0 Å². The fraction of sp³-hybridized carbons (Fsp3) is 0.333. The number of nitriles is 1. The fourth-order valence-corrected chi connectivity index (χ4v) is 3.13. The number of nitrogens with zero attached hydrogens (tertiary/aromatic N) is 2. The molecular formula is C18H20N4O3. The smallest absolute Gasteiger partial charge is 0.244 e. The Hall–Kier alpha value is -3.14. The molecule has 0 saturated carbocycles. The van der Waals surface area contributed by atoms with Crippen molar-refractivity contribution in [3.63, 3.8) is 0 Å². The van der Waals surface area contributed by atoms with E-state index in [0.717, 1.165) is 22.4 Å². The standard InChI is InChI=1S/C18H20N4O3/c1-5-24-14-7-11(9(2)6-13(14)23-4)16-12(8-19)17(20)25-18-15(16)10(3)21-22-18/h6-7,16H,5,20H2,1-4H3,(H,21,22)/t16-/m0/s1. The normalized spacial score (nSPS) is 16.0. The Morgan fingerprint density at radius 2 is 2.12 bits per heavy atom. The van der Waals surface area contributed by atoms with E-state index in [1.54, 1.807) is 7.11 Å². The summed E-state index contributed by atoms with van der Waals surface area (Å²) in [7, 11) is 1.60. The number of allylic oxidation sites excluding steroid dienone is 1. The predicted octanol–water partition coefficient (Wildman–Crippen LogP) is 2.65. The summed E-state index contributed by atoms with van der Waals surface area (Å²) in [4.78, 5) is 0. The zero-order valence-corrected chi connectivity index (χ0v) is 14.6. The molecule has 1 aliphatic rings. The lowest BCUT2D eigenvalue weighted by Crippen LogP contribution is -2.21. The van der Waals surface area contributed by atoms with Gasteiger partial charge >= 0.3 is 0 Å². The number of fused-ring (bicyclic) bond motifs is 1. The first-order chi connectivity index (χ1) is 12.0. The molecule has 2 aromatic rings. The summed E-state index contributed by atoms with van der Waals surface area (Å²) in [5.74, 6) is 1.36. The van der Waals surface area contributed by atoms with Crippen molar-refractivity contribution < 1.29 is 14.2 Å². The first kappa shape index (κ1) is 16.7. The van der Waals surface area contributed by atoms with Gasteiger partial charge in [-0.2, -0.15) is 5.26 Å². The fourth-order valence-electron chi connectivity index (χ4n) is 3.13. The molecule has 1 aromatic heterocycles. The van der Waals surface area contributed by atoms with E-state index in [1.807, 2.05) is 32.9 Å². The average molecular weight is 340 g/mol. The molecule has 0 bridgehead atoms. The number of aromatic nitrogens is 2. The van der Waals surface area contributed by atoms with Gasteiger partial charge in [-0.3, -0.25) is 5.10 Å². The van der Waals surface area contributed by atoms with Gasteiger partial charge < -0.3 is 19.9 Å². The quantitative estimate of drug-likeness (QED) is 0.886. The van der Waals surface area contributed by atoms with E-state index in [0.29, 0.717) is 29.6 Å². The van der Waals surface area contributed by atoms with E-state index in [4.69, 9.17) is 19.9 Å². The van der Waals surface area contributed by atoms with Gasteiger partial charge in [-0.25, -0.2) is 0 Å². The van der Waals surface area contributed by atoms with Crippen molar-refractivity contribution in [1.29, 1.82) is 5.26 Å². The number of nitrogens with one attached hydrogen (secondary N) is 1. The molecule has 0 fully saturated rings. The molecule has 0 amide bonds. The van der Waals surface area contributed by atoms with Crippen molar-refractivity contribution in [3.8, 4) is 23.4 Å². The Balaban J connectivity index is 2.25. The maximum absolute atomic E-state index is 9.66. The third-order valence-electron chi connectivity index (χ3n) is 4.29. The zero-order valence-electron chi connectivity index (χ0n) is 14.6. The van der Waals surface area contributed by atoms with E-state index in [2.05, 4.69) is 16.3 Å². The molecule has 1 aromatic carbocycles. The predicted molar refractivity (Wildman–Crippen MR) is 91.5 cm³/mol. The Labute approximate surface area is 146 Å². The van der Waals surface area contributed by atoms with Gasteiger partial charge in [0.05, 0.1) is 19.6 Å². The van der Waals surface area contributed by atoms with Crippen molar-refractivity contribution >= 4 is 0 Å². The molecule has 3 N–H and O–H groups in total. The number of methoxy groups -OCH3 is 1. The SMILES string of the molecule is CCOc1cc([C@H]2C(C#N)=C(N)Oc3n[nH]c(C)c32)c(C)cc1OC. The van der Waals surface area contributed by atoms with Crippen LogP contribution in [0.2, 0.25) is 0 Å². The minimum absolute atomic E-state index is 0.0691. The van der Waals surface area contributed by atoms with Gasteiger partial charge in [-0.15, -0.1) is 5.10 Å². The molecule has 1 atom stereocenters. The van der Waals surface area contributed by atoms with Crippen LogP contribution in [0.1, 0.15) is 35.2 Å². The zero-order chi connectivity index (χ0) is 18.1. The number of aryl methyl sites for hydroxylation is 2. The van der Waals surface area contributed by atoms with E-state index < -0.39 is 0 Å². The number of H-pyrrole nitrogens is 1. The second-order valence-electron chi connectivity index (χ2n) is 5.78. The lowest BCUT2D eigenvalue weighted by molar-refractivity contribution is 0.310. The molecular weight excluding hydrogens is 320 g/mol. The van der Waals surface area contributed by atoms with Crippen LogP contribution in [0.25, 0.3) is 0 Å². The molecule has 0 radical (unpaired) electrons. The average Bonchev–Trinajstić information content (AvgIpc) is 2.95. The highest BCUT2D eigenvalue weighted by molar-refractivity contribution is 5.59. The molecule has 25 heavy (non-hydrogen) atoms. The molecule has 0 aliphatic carbocycles. The van der Waals surface area contributed by atoms with Crippen LogP contribution in [0.5, 0.6) is 17.4 Å². The summed E-state index contributed by atoms with van der Waals surface area (Å²) < 4.78 is 16.6. The van der Waals surface area contributed by atoms with E-state index in [-0.39, 0.29) is 11.8 Å². The minimum Gasteiger partial charge on any atom is -0.493 e. The third kappa shape index (κ3) is 2.66. The van der Waals surface area contributed by atoms with Gasteiger partial charge in [0, 0.05) is 11.3 Å². The second-order valence-corrected chi connectivity index (χ2v) is 5.78. The van der Waals surface area contributed by atoms with Crippen LogP contribution in [0.15, 0.2) is 23.6 Å². The largest absolute Gasteiger partial charge is 0.493 e. The minimum atomic E-state index is -0.377. The molecule has 130 valence electrons. The molecule has 0 spiro atoms. The summed E-state index contributed by atoms with van der Waals surface area (Å²) in [5.41, 5.74) is 9.82. The van der Waals surface area contributed by atoms with Gasteiger partial charge in [-0.1, -0.05) is 0 Å². The van der Waals surface area contributed by atoms with Crippen LogP contribution >= 0.6 is 0 Å². The lowest BCUT2D eigenvalue weighted by Gasteiger charge is -2.25. The highest BCUT2D eigenvalue weighted by atomic mass is 16.5. The van der Waals surface area contributed by atoms with Crippen molar-refractivity contribution in [2.24, 2.45) is 5.73 Å². The monoisotopic (exact) mass is 340 g/mol. The van der Waals surface area contributed by atoms with Crippen molar-refractivity contribution in [2.45, 2.75) is 26.7 Å². The highest BCUT2D eigenvalue weighted by Crippen LogP contribution is 2.45. The molecule has 2 heterocycles. The number of nitrogens with two attached hydrogens (primary N) is 1. The van der Waals surface area contributed by atoms with Gasteiger partial charge in [-0.05, 0) is 44.0 Å². The maximum Gasteiger partial charge on any atom is 0.244 e. The molecule has 3 rings (SSSR count). The van der Waals surface area contributed by atoms with E-state index >= 15 is 0 Å². The maximum atomic E-state index is 9.66. The Kier molecular flexibility index (Phi) is 4.28. The van der Waals surface area contributed by atoms with Crippen LogP contribution in [-0.4, -0.2) is 23.9 Å². The summed E-state index contributed by atoms with van der Waals surface area (Å²) in [6.07, 6.45) is 0. The van der Waals surface area contributed by atoms with E-state index in [1.165, 1.54) is 0 Å². The number of aromatic amines is 1. The Bertz CT molecular complexity index is 892. The molecule has 0 unspecified atom stereocenters. The number of benzene rings is 1. The number of ether oxygens (including phenoxy) is 3. The second kappa shape index (κ2) is 6.40. The number of rotatable bonds is 4. The van der Waals surface area contributed by atoms with Crippen molar-refractivity contribution in [1.82, 2.24) is 10.2 Å². The molecule has 7 heteroatoms. The Morgan fingerprint density at radius 1 is 1.36 bits per heavy atom. The van der Waals surface area contributed by atoms with Gasteiger partial charge in [0.1, 0.15) is 11.6 Å². The van der Waals surface area contributed by atoms with E-state index in [9.17, 15) is 5.26 Å². The van der Waals surface area contributed by atoms with Crippen LogP contribution in [0.3, 0.4) is 0 Å². The first-order valence-corrected chi connectivity index (χ1v) is 7.95. The van der Waals surface area contributed by atoms with Crippen LogP contribution in [0, 0.1) is 25.2 Å². The van der Waals surface area contributed by atoms with Crippen LogP contribution < -0.4 is 19.9 Å². The first-order valence-electron chi connectivity index (χ1n) is 7.95. The van der Waals surface area contributed by atoms with Crippen molar-refractivity contribution in [2.75, 3.05) is 13.7 Å². The van der Waals surface area contributed by atoms with Crippen molar-refractivity contribution in [3.05, 3.63) is 46.0 Å².